The minimum Gasteiger partial charge on any atom is -0.314 e. The van der Waals surface area contributed by atoms with Crippen molar-refractivity contribution in [2.24, 2.45) is 5.92 Å². The van der Waals surface area contributed by atoms with Gasteiger partial charge in [-0.2, -0.15) is 0 Å². The van der Waals surface area contributed by atoms with Crippen LogP contribution in [-0.4, -0.2) is 12.6 Å². The molecular formula is C14H25N. The highest BCUT2D eigenvalue weighted by molar-refractivity contribution is 4.92. The molecule has 1 fully saturated rings. The van der Waals surface area contributed by atoms with Crippen molar-refractivity contribution < 1.29 is 0 Å². The molecule has 0 radical (unpaired) electrons. The third-order valence-corrected chi connectivity index (χ3v) is 3.98. The molecule has 0 saturated heterocycles. The zero-order valence-corrected chi connectivity index (χ0v) is 9.88. The number of rotatable bonds is 4. The molecule has 1 nitrogen and oxygen atoms in total. The second kappa shape index (κ2) is 6.32. The van der Waals surface area contributed by atoms with Gasteiger partial charge in [-0.15, -0.1) is 0 Å². The van der Waals surface area contributed by atoms with E-state index in [1.807, 2.05) is 0 Å². The van der Waals surface area contributed by atoms with Gasteiger partial charge in [-0.1, -0.05) is 44.3 Å². The molecular weight excluding hydrogens is 182 g/mol. The first kappa shape index (κ1) is 11.2. The van der Waals surface area contributed by atoms with E-state index in [1.54, 1.807) is 0 Å². The van der Waals surface area contributed by atoms with Crippen molar-refractivity contribution in [2.45, 2.75) is 63.8 Å². The number of allylic oxidation sites excluding steroid dienone is 1. The Kier molecular flexibility index (Phi) is 4.72. The Balaban J connectivity index is 1.55. The van der Waals surface area contributed by atoms with Crippen molar-refractivity contribution in [3.63, 3.8) is 0 Å². The molecule has 0 spiro atoms. The summed E-state index contributed by atoms with van der Waals surface area (Å²) < 4.78 is 0. The van der Waals surface area contributed by atoms with E-state index in [-0.39, 0.29) is 0 Å². The van der Waals surface area contributed by atoms with Crippen molar-refractivity contribution in [1.29, 1.82) is 0 Å². The fraction of sp³-hybridized carbons (Fsp3) is 0.857. The van der Waals surface area contributed by atoms with E-state index in [1.165, 1.54) is 64.3 Å². The van der Waals surface area contributed by atoms with E-state index < -0.39 is 0 Å². The Bertz CT molecular complexity index is 192. The summed E-state index contributed by atoms with van der Waals surface area (Å²) in [6.45, 7) is 1.25. The zero-order chi connectivity index (χ0) is 10.3. The average Bonchev–Trinajstić information content (AvgIpc) is 2.32. The van der Waals surface area contributed by atoms with Crippen molar-refractivity contribution in [1.82, 2.24) is 5.32 Å². The number of hydrogen-bond donors (Lipinski definition) is 1. The lowest BCUT2D eigenvalue weighted by molar-refractivity contribution is 0.325. The molecule has 0 aliphatic heterocycles. The first-order valence-corrected chi connectivity index (χ1v) is 6.83. The van der Waals surface area contributed by atoms with Crippen LogP contribution in [0.2, 0.25) is 0 Å². The second-order valence-corrected chi connectivity index (χ2v) is 5.23. The van der Waals surface area contributed by atoms with Gasteiger partial charge in [-0.05, 0) is 38.1 Å². The molecule has 2 aliphatic carbocycles. The Morgan fingerprint density at radius 1 is 1.00 bits per heavy atom. The van der Waals surface area contributed by atoms with E-state index in [9.17, 15) is 0 Å². The van der Waals surface area contributed by atoms with Gasteiger partial charge in [0.05, 0.1) is 0 Å². The largest absolute Gasteiger partial charge is 0.314 e. The Morgan fingerprint density at radius 2 is 1.87 bits per heavy atom. The molecule has 0 heterocycles. The van der Waals surface area contributed by atoms with Crippen LogP contribution >= 0.6 is 0 Å². The van der Waals surface area contributed by atoms with Gasteiger partial charge >= 0.3 is 0 Å². The highest BCUT2D eigenvalue weighted by Crippen LogP contribution is 2.25. The van der Waals surface area contributed by atoms with Gasteiger partial charge in [0.2, 0.25) is 0 Å². The summed E-state index contributed by atoms with van der Waals surface area (Å²) in [6.07, 6.45) is 17.4. The second-order valence-electron chi connectivity index (χ2n) is 5.23. The first-order valence-electron chi connectivity index (χ1n) is 6.83. The summed E-state index contributed by atoms with van der Waals surface area (Å²) in [6, 6.07) is 0.776. The molecule has 0 aromatic rings. The number of hydrogen-bond acceptors (Lipinski definition) is 1. The van der Waals surface area contributed by atoms with Crippen molar-refractivity contribution in [2.75, 3.05) is 6.54 Å². The Morgan fingerprint density at radius 3 is 2.60 bits per heavy atom. The van der Waals surface area contributed by atoms with Crippen LogP contribution < -0.4 is 5.32 Å². The highest BCUT2D eigenvalue weighted by atomic mass is 14.9. The van der Waals surface area contributed by atoms with Crippen LogP contribution in [-0.2, 0) is 0 Å². The third-order valence-electron chi connectivity index (χ3n) is 3.98. The van der Waals surface area contributed by atoms with Crippen LogP contribution in [0.5, 0.6) is 0 Å². The van der Waals surface area contributed by atoms with Gasteiger partial charge in [-0.3, -0.25) is 0 Å². The van der Waals surface area contributed by atoms with Gasteiger partial charge in [0.1, 0.15) is 0 Å². The maximum Gasteiger partial charge on any atom is 0.0104 e. The maximum atomic E-state index is 3.72. The highest BCUT2D eigenvalue weighted by Gasteiger charge is 2.14. The standard InChI is InChI=1S/C14H25N/c1-3-7-13(8-4-1)11-12-15-14-9-5-2-6-10-14/h2,5,13-15H,1,3-4,6-12H2. The van der Waals surface area contributed by atoms with Gasteiger partial charge in [0.15, 0.2) is 0 Å². The lowest BCUT2D eigenvalue weighted by Crippen LogP contribution is -2.31. The predicted molar refractivity (Wildman–Crippen MR) is 66.0 cm³/mol. The summed E-state index contributed by atoms with van der Waals surface area (Å²) >= 11 is 0. The molecule has 0 aromatic carbocycles. The van der Waals surface area contributed by atoms with E-state index in [0.717, 1.165) is 12.0 Å². The molecule has 1 atom stereocenters. The molecule has 1 unspecified atom stereocenters. The van der Waals surface area contributed by atoms with Crippen LogP contribution in [0.15, 0.2) is 12.2 Å². The fourth-order valence-electron chi connectivity index (χ4n) is 2.95. The van der Waals surface area contributed by atoms with Crippen LogP contribution in [0.25, 0.3) is 0 Å². The molecule has 86 valence electrons. The van der Waals surface area contributed by atoms with E-state index in [2.05, 4.69) is 17.5 Å². The molecule has 2 aliphatic rings. The Hall–Kier alpha value is -0.300. The monoisotopic (exact) mass is 207 g/mol. The Labute approximate surface area is 94.3 Å². The lowest BCUT2D eigenvalue weighted by atomic mass is 9.87. The quantitative estimate of drug-likeness (QED) is 0.694. The van der Waals surface area contributed by atoms with E-state index in [4.69, 9.17) is 0 Å². The van der Waals surface area contributed by atoms with Gasteiger partial charge < -0.3 is 5.32 Å². The van der Waals surface area contributed by atoms with Crippen LogP contribution in [0, 0.1) is 5.92 Å². The summed E-state index contributed by atoms with van der Waals surface area (Å²) in [4.78, 5) is 0. The molecule has 0 bridgehead atoms. The SMILES string of the molecule is C1=CCC(NCCC2CCCCC2)CC1. The molecule has 15 heavy (non-hydrogen) atoms. The molecule has 1 saturated carbocycles. The fourth-order valence-corrected chi connectivity index (χ4v) is 2.95. The van der Waals surface area contributed by atoms with Gasteiger partial charge in [0, 0.05) is 6.04 Å². The molecule has 0 amide bonds. The summed E-state index contributed by atoms with van der Waals surface area (Å²) in [7, 11) is 0. The minimum absolute atomic E-state index is 0.776. The predicted octanol–water partition coefficient (Wildman–Crippen LogP) is 3.66. The van der Waals surface area contributed by atoms with Crippen LogP contribution in [0.4, 0.5) is 0 Å². The first-order chi connectivity index (χ1) is 7.45. The molecule has 1 heteroatoms. The van der Waals surface area contributed by atoms with Gasteiger partial charge in [-0.25, -0.2) is 0 Å². The topological polar surface area (TPSA) is 12.0 Å². The number of nitrogens with one attached hydrogen (secondary N) is 1. The van der Waals surface area contributed by atoms with E-state index >= 15 is 0 Å². The maximum absolute atomic E-state index is 3.72. The summed E-state index contributed by atoms with van der Waals surface area (Å²) in [5, 5.41) is 3.72. The van der Waals surface area contributed by atoms with Crippen molar-refractivity contribution in [3.05, 3.63) is 12.2 Å². The average molecular weight is 207 g/mol. The molecule has 2 rings (SSSR count). The molecule has 1 N–H and O–H groups in total. The smallest absolute Gasteiger partial charge is 0.0104 e. The minimum atomic E-state index is 0.776. The van der Waals surface area contributed by atoms with Crippen LogP contribution in [0.1, 0.15) is 57.8 Å². The third kappa shape index (κ3) is 3.98. The zero-order valence-electron chi connectivity index (χ0n) is 9.88. The normalized spacial score (nSPS) is 28.1. The van der Waals surface area contributed by atoms with Crippen molar-refractivity contribution >= 4 is 0 Å². The van der Waals surface area contributed by atoms with Gasteiger partial charge in [0.25, 0.3) is 0 Å². The molecule has 0 aromatic heterocycles. The summed E-state index contributed by atoms with van der Waals surface area (Å²) in [5.41, 5.74) is 0. The van der Waals surface area contributed by atoms with Crippen molar-refractivity contribution in [3.8, 4) is 0 Å². The lowest BCUT2D eigenvalue weighted by Gasteiger charge is -2.24. The van der Waals surface area contributed by atoms with E-state index in [0.29, 0.717) is 0 Å². The summed E-state index contributed by atoms with van der Waals surface area (Å²) in [5.74, 6) is 1.03. The van der Waals surface area contributed by atoms with Crippen LogP contribution in [0.3, 0.4) is 0 Å².